The van der Waals surface area contributed by atoms with Crippen LogP contribution in [-0.2, 0) is 0 Å². The number of anilines is 6. The molecule has 0 aliphatic carbocycles. The van der Waals surface area contributed by atoms with Crippen molar-refractivity contribution in [1.82, 2.24) is 0 Å². The van der Waals surface area contributed by atoms with Crippen LogP contribution in [-0.4, -0.2) is 0 Å². The molecular formula is C52H36N2. The normalized spacial score (nSPS) is 10.3. The summed E-state index contributed by atoms with van der Waals surface area (Å²) < 4.78 is 0. The van der Waals surface area contributed by atoms with Gasteiger partial charge in [-0.15, -0.1) is 0 Å². The Hall–Kier alpha value is -7.52. The van der Waals surface area contributed by atoms with Crippen LogP contribution in [0.3, 0.4) is 0 Å². The third kappa shape index (κ3) is 7.85. The van der Waals surface area contributed by atoms with E-state index in [2.05, 4.69) is 228 Å². The molecule has 0 aliphatic heterocycles. The first-order valence-electron chi connectivity index (χ1n) is 18.0. The lowest BCUT2D eigenvalue weighted by atomic mass is 10.0. The molecule has 0 heterocycles. The van der Waals surface area contributed by atoms with Gasteiger partial charge in [0.05, 0.1) is 0 Å². The van der Waals surface area contributed by atoms with Gasteiger partial charge in [0.1, 0.15) is 0 Å². The van der Waals surface area contributed by atoms with Crippen molar-refractivity contribution in [2.45, 2.75) is 0 Å². The fourth-order valence-electron chi connectivity index (χ4n) is 6.51. The van der Waals surface area contributed by atoms with E-state index >= 15 is 0 Å². The molecule has 0 spiro atoms. The predicted octanol–water partition coefficient (Wildman–Crippen LogP) is 13.4. The van der Waals surface area contributed by atoms with Gasteiger partial charge in [-0.05, 0) is 131 Å². The molecule has 2 nitrogen and oxygen atoms in total. The van der Waals surface area contributed by atoms with Gasteiger partial charge in [0.15, 0.2) is 0 Å². The Bertz CT molecular complexity index is 2280. The van der Waals surface area contributed by atoms with Crippen molar-refractivity contribution >= 4 is 34.1 Å². The van der Waals surface area contributed by atoms with Crippen LogP contribution < -0.4 is 9.80 Å². The van der Waals surface area contributed by atoms with E-state index in [9.17, 15) is 0 Å². The second-order valence-corrected chi connectivity index (χ2v) is 12.8. The minimum atomic E-state index is 0.931. The maximum atomic E-state index is 3.19. The highest BCUT2D eigenvalue weighted by atomic mass is 15.1. The number of hydrogen-bond donors (Lipinski definition) is 0. The standard InChI is InChI=1S/C52H36N2/c1-5-17-47(18-6-1)53(48-19-7-2-8-20-48)51-37-33-45(34-38-51)43-29-25-41(26-30-43)15-13-14-16-42-27-31-44(32-28-42)46-35-39-52(40-36-46)54(49-21-9-3-10-22-49)50-23-11-4-12-24-50/h1-12,17-40H. The summed E-state index contributed by atoms with van der Waals surface area (Å²) in [6, 6.07) is 75.9. The Morgan fingerprint density at radius 3 is 0.704 bits per heavy atom. The number of rotatable bonds is 8. The molecule has 0 amide bonds. The molecule has 8 aromatic carbocycles. The molecular weight excluding hydrogens is 653 g/mol. The minimum Gasteiger partial charge on any atom is -0.311 e. The van der Waals surface area contributed by atoms with E-state index in [1.54, 1.807) is 0 Å². The molecule has 8 rings (SSSR count). The molecule has 254 valence electrons. The summed E-state index contributed by atoms with van der Waals surface area (Å²) in [5.74, 6) is 12.4. The summed E-state index contributed by atoms with van der Waals surface area (Å²) >= 11 is 0. The van der Waals surface area contributed by atoms with E-state index in [1.807, 2.05) is 24.3 Å². The fraction of sp³-hybridized carbons (Fsp3) is 0. The van der Waals surface area contributed by atoms with Crippen molar-refractivity contribution in [3.8, 4) is 45.9 Å². The van der Waals surface area contributed by atoms with Gasteiger partial charge >= 0.3 is 0 Å². The summed E-state index contributed by atoms with van der Waals surface area (Å²) in [7, 11) is 0. The van der Waals surface area contributed by atoms with Gasteiger partial charge in [-0.1, -0.05) is 133 Å². The summed E-state index contributed by atoms with van der Waals surface area (Å²) in [6.07, 6.45) is 0. The quantitative estimate of drug-likeness (QED) is 0.147. The molecule has 0 N–H and O–H groups in total. The van der Waals surface area contributed by atoms with Crippen molar-refractivity contribution in [2.24, 2.45) is 0 Å². The average Bonchev–Trinajstić information content (AvgIpc) is 3.25. The summed E-state index contributed by atoms with van der Waals surface area (Å²) in [5.41, 5.74) is 13.2. The molecule has 0 saturated heterocycles. The number of nitrogens with zero attached hydrogens (tertiary/aromatic N) is 2. The number of para-hydroxylation sites is 4. The highest BCUT2D eigenvalue weighted by Gasteiger charge is 2.13. The van der Waals surface area contributed by atoms with Gasteiger partial charge in [-0.2, -0.15) is 0 Å². The van der Waals surface area contributed by atoms with Crippen LogP contribution in [0.4, 0.5) is 34.1 Å². The molecule has 54 heavy (non-hydrogen) atoms. The smallest absolute Gasteiger partial charge is 0.0462 e. The topological polar surface area (TPSA) is 6.48 Å². The zero-order chi connectivity index (χ0) is 36.4. The zero-order valence-electron chi connectivity index (χ0n) is 29.7. The maximum Gasteiger partial charge on any atom is 0.0462 e. The van der Waals surface area contributed by atoms with E-state index in [-0.39, 0.29) is 0 Å². The molecule has 0 aromatic heterocycles. The molecule has 0 atom stereocenters. The second kappa shape index (κ2) is 16.2. The predicted molar refractivity (Wildman–Crippen MR) is 227 cm³/mol. The first-order chi connectivity index (χ1) is 26.8. The van der Waals surface area contributed by atoms with Gasteiger partial charge in [0, 0.05) is 45.3 Å². The van der Waals surface area contributed by atoms with Crippen LogP contribution in [0.25, 0.3) is 22.3 Å². The fourth-order valence-corrected chi connectivity index (χ4v) is 6.51. The van der Waals surface area contributed by atoms with Crippen LogP contribution in [0.15, 0.2) is 218 Å². The van der Waals surface area contributed by atoms with E-state index in [0.29, 0.717) is 0 Å². The lowest BCUT2D eigenvalue weighted by Crippen LogP contribution is -2.09. The summed E-state index contributed by atoms with van der Waals surface area (Å²) in [6.45, 7) is 0. The van der Waals surface area contributed by atoms with Crippen LogP contribution in [0.1, 0.15) is 11.1 Å². The monoisotopic (exact) mass is 688 g/mol. The SMILES string of the molecule is C(C#Cc1ccc(-c2ccc(N(c3ccccc3)c3ccccc3)cc2)cc1)#Cc1ccc(-c2ccc(N(c3ccccc3)c3ccccc3)cc2)cc1. The Morgan fingerprint density at radius 1 is 0.222 bits per heavy atom. The molecule has 0 radical (unpaired) electrons. The van der Waals surface area contributed by atoms with Crippen LogP contribution in [0, 0.1) is 23.7 Å². The van der Waals surface area contributed by atoms with E-state index < -0.39 is 0 Å². The van der Waals surface area contributed by atoms with Gasteiger partial charge in [-0.25, -0.2) is 0 Å². The van der Waals surface area contributed by atoms with Gasteiger partial charge in [0.25, 0.3) is 0 Å². The van der Waals surface area contributed by atoms with E-state index in [4.69, 9.17) is 0 Å². The Kier molecular flexibility index (Phi) is 10.1. The zero-order valence-corrected chi connectivity index (χ0v) is 29.7. The van der Waals surface area contributed by atoms with Crippen molar-refractivity contribution in [2.75, 3.05) is 9.80 Å². The Balaban J connectivity index is 0.916. The van der Waals surface area contributed by atoms with Crippen molar-refractivity contribution < 1.29 is 0 Å². The van der Waals surface area contributed by atoms with Gasteiger partial charge in [-0.3, -0.25) is 0 Å². The minimum absolute atomic E-state index is 0.931. The van der Waals surface area contributed by atoms with Crippen molar-refractivity contribution in [3.63, 3.8) is 0 Å². The highest BCUT2D eigenvalue weighted by molar-refractivity contribution is 5.80. The molecule has 0 fully saturated rings. The van der Waals surface area contributed by atoms with Crippen molar-refractivity contribution in [1.29, 1.82) is 0 Å². The number of benzene rings is 8. The first-order valence-corrected chi connectivity index (χ1v) is 18.0. The van der Waals surface area contributed by atoms with Gasteiger partial charge in [0.2, 0.25) is 0 Å². The molecule has 0 saturated carbocycles. The van der Waals surface area contributed by atoms with E-state index in [1.165, 1.54) is 0 Å². The summed E-state index contributed by atoms with van der Waals surface area (Å²) in [4.78, 5) is 4.53. The Labute approximate surface area is 318 Å². The average molecular weight is 689 g/mol. The summed E-state index contributed by atoms with van der Waals surface area (Å²) in [5, 5.41) is 0. The molecule has 2 heteroatoms. The van der Waals surface area contributed by atoms with Crippen molar-refractivity contribution in [3.05, 3.63) is 230 Å². The first kappa shape index (κ1) is 33.6. The molecule has 8 aromatic rings. The molecule has 0 unspecified atom stereocenters. The lowest BCUT2D eigenvalue weighted by molar-refractivity contribution is 1.28. The molecule has 0 aliphatic rings. The third-order valence-electron chi connectivity index (χ3n) is 9.22. The Morgan fingerprint density at radius 2 is 0.444 bits per heavy atom. The second-order valence-electron chi connectivity index (χ2n) is 12.8. The highest BCUT2D eigenvalue weighted by Crippen LogP contribution is 2.36. The van der Waals surface area contributed by atoms with Crippen LogP contribution in [0.5, 0.6) is 0 Å². The number of hydrogen-bond acceptors (Lipinski definition) is 2. The lowest BCUT2D eigenvalue weighted by Gasteiger charge is -2.25. The van der Waals surface area contributed by atoms with Crippen LogP contribution >= 0.6 is 0 Å². The van der Waals surface area contributed by atoms with Crippen LogP contribution in [0.2, 0.25) is 0 Å². The van der Waals surface area contributed by atoms with Gasteiger partial charge < -0.3 is 9.80 Å². The molecule has 0 bridgehead atoms. The van der Waals surface area contributed by atoms with E-state index in [0.717, 1.165) is 67.5 Å². The maximum absolute atomic E-state index is 3.19. The third-order valence-corrected chi connectivity index (χ3v) is 9.22. The largest absolute Gasteiger partial charge is 0.311 e.